The second kappa shape index (κ2) is 11.5. The molecule has 1 aromatic heterocycles. The van der Waals surface area contributed by atoms with Crippen molar-refractivity contribution in [1.82, 2.24) is 9.66 Å². The molecule has 8 heteroatoms. The second-order valence-corrected chi connectivity index (χ2v) is 10.7. The summed E-state index contributed by atoms with van der Waals surface area (Å²) in [5.74, 6) is 1.10. The van der Waals surface area contributed by atoms with Gasteiger partial charge in [0, 0.05) is 47.4 Å². The number of aromatic nitrogens is 2. The molecule has 0 spiro atoms. The third-order valence-corrected chi connectivity index (χ3v) is 7.46. The molecular weight excluding hydrogens is 547 g/mol. The van der Waals surface area contributed by atoms with Gasteiger partial charge in [0.05, 0.1) is 17.1 Å². The average Bonchev–Trinajstić information content (AvgIpc) is 2.93. The predicted octanol–water partition coefficient (Wildman–Crippen LogP) is 6.87. The highest BCUT2D eigenvalue weighted by Crippen LogP contribution is 2.32. The third-order valence-electron chi connectivity index (χ3n) is 6.97. The SMILES string of the molecule is CN(C)c1ccc(C=Nn2c(C3CCCCC3)nc3ccc(Br)cc3c2=O)c(OCc2ccccc2F)c1. The van der Waals surface area contributed by atoms with Gasteiger partial charge in [-0.05, 0) is 49.2 Å². The molecule has 0 atom stereocenters. The number of anilines is 1. The standard InChI is InChI=1S/C30H30BrFN4O2/c1-35(2)24-14-12-21(28(17-24)38-19-22-10-6-7-11-26(22)32)18-33-36-29(20-8-4-3-5-9-20)34-27-15-13-23(31)16-25(27)30(36)37/h6-7,10-18,20H,3-5,8-9,19H2,1-2H3. The van der Waals surface area contributed by atoms with E-state index in [0.717, 1.165) is 35.8 Å². The van der Waals surface area contributed by atoms with Crippen molar-refractivity contribution in [3.63, 3.8) is 0 Å². The van der Waals surface area contributed by atoms with Crippen molar-refractivity contribution in [2.45, 2.75) is 44.6 Å². The van der Waals surface area contributed by atoms with Crippen LogP contribution < -0.4 is 15.2 Å². The van der Waals surface area contributed by atoms with Crippen LogP contribution in [0, 0.1) is 5.82 Å². The van der Waals surface area contributed by atoms with Gasteiger partial charge in [-0.2, -0.15) is 9.78 Å². The zero-order chi connectivity index (χ0) is 26.6. The molecule has 0 bridgehead atoms. The van der Waals surface area contributed by atoms with Crippen molar-refractivity contribution < 1.29 is 9.13 Å². The number of ether oxygens (including phenoxy) is 1. The summed E-state index contributed by atoms with van der Waals surface area (Å²) in [5, 5.41) is 5.18. The van der Waals surface area contributed by atoms with Crippen LogP contribution >= 0.6 is 15.9 Å². The van der Waals surface area contributed by atoms with Gasteiger partial charge in [-0.3, -0.25) is 4.79 Å². The van der Waals surface area contributed by atoms with Gasteiger partial charge in [-0.15, -0.1) is 0 Å². The van der Waals surface area contributed by atoms with Gasteiger partial charge in [-0.25, -0.2) is 9.37 Å². The van der Waals surface area contributed by atoms with E-state index in [2.05, 4.69) is 21.0 Å². The number of fused-ring (bicyclic) bond motifs is 1. The summed E-state index contributed by atoms with van der Waals surface area (Å²) >= 11 is 3.47. The molecule has 4 aromatic rings. The number of hydrogen-bond acceptors (Lipinski definition) is 5. The molecule has 0 radical (unpaired) electrons. The smallest absolute Gasteiger partial charge is 0.282 e. The van der Waals surface area contributed by atoms with Gasteiger partial charge in [0.1, 0.15) is 24.0 Å². The second-order valence-electron chi connectivity index (χ2n) is 9.82. The van der Waals surface area contributed by atoms with Crippen molar-refractivity contribution in [3.8, 4) is 5.75 Å². The Bertz CT molecular complexity index is 1540. The molecule has 3 aromatic carbocycles. The lowest BCUT2D eigenvalue weighted by Crippen LogP contribution is -2.25. The number of benzene rings is 3. The summed E-state index contributed by atoms with van der Waals surface area (Å²) in [5.41, 5.74) is 2.55. The highest BCUT2D eigenvalue weighted by Gasteiger charge is 2.22. The molecule has 0 N–H and O–H groups in total. The van der Waals surface area contributed by atoms with Crippen LogP contribution in [-0.2, 0) is 6.61 Å². The number of halogens is 2. The Balaban J connectivity index is 1.56. The zero-order valence-electron chi connectivity index (χ0n) is 21.5. The summed E-state index contributed by atoms with van der Waals surface area (Å²) < 4.78 is 22.6. The van der Waals surface area contributed by atoms with E-state index in [1.54, 1.807) is 30.5 Å². The topological polar surface area (TPSA) is 59.7 Å². The van der Waals surface area contributed by atoms with Crippen LogP contribution in [-0.4, -0.2) is 30.0 Å². The molecule has 6 nitrogen and oxygen atoms in total. The van der Waals surface area contributed by atoms with E-state index in [1.807, 2.05) is 49.3 Å². The van der Waals surface area contributed by atoms with Crippen molar-refractivity contribution in [2.75, 3.05) is 19.0 Å². The Morgan fingerprint density at radius 3 is 2.66 bits per heavy atom. The van der Waals surface area contributed by atoms with Gasteiger partial charge < -0.3 is 9.64 Å². The Labute approximate surface area is 229 Å². The molecule has 38 heavy (non-hydrogen) atoms. The fourth-order valence-corrected chi connectivity index (χ4v) is 5.19. The normalized spacial score (nSPS) is 14.3. The molecular formula is C30H30BrFN4O2. The fraction of sp³-hybridized carbons (Fsp3) is 0.300. The van der Waals surface area contributed by atoms with Gasteiger partial charge >= 0.3 is 0 Å². The van der Waals surface area contributed by atoms with Crippen LogP contribution in [0.5, 0.6) is 5.75 Å². The molecule has 5 rings (SSSR count). The van der Waals surface area contributed by atoms with E-state index in [1.165, 1.54) is 17.2 Å². The first-order valence-corrected chi connectivity index (χ1v) is 13.6. The minimum atomic E-state index is -0.316. The molecule has 1 fully saturated rings. The molecule has 0 amide bonds. The highest BCUT2D eigenvalue weighted by atomic mass is 79.9. The maximum absolute atomic E-state index is 14.2. The number of nitrogens with zero attached hydrogens (tertiary/aromatic N) is 4. The number of rotatable bonds is 7. The molecule has 0 unspecified atom stereocenters. The molecule has 1 aliphatic carbocycles. The minimum Gasteiger partial charge on any atom is -0.488 e. The van der Waals surface area contributed by atoms with Crippen LogP contribution in [0.3, 0.4) is 0 Å². The van der Waals surface area contributed by atoms with Crippen molar-refractivity contribution in [1.29, 1.82) is 0 Å². The van der Waals surface area contributed by atoms with Crippen LogP contribution in [0.1, 0.15) is 55.0 Å². The van der Waals surface area contributed by atoms with E-state index in [0.29, 0.717) is 33.6 Å². The predicted molar refractivity (Wildman–Crippen MR) is 154 cm³/mol. The fourth-order valence-electron chi connectivity index (χ4n) is 4.83. The van der Waals surface area contributed by atoms with E-state index < -0.39 is 0 Å². The van der Waals surface area contributed by atoms with Gasteiger partial charge in [0.2, 0.25) is 0 Å². The summed E-state index contributed by atoms with van der Waals surface area (Å²) in [6.45, 7) is 0.0726. The summed E-state index contributed by atoms with van der Waals surface area (Å²) in [6, 6.07) is 17.9. The van der Waals surface area contributed by atoms with Crippen molar-refractivity contribution >= 4 is 38.7 Å². The van der Waals surface area contributed by atoms with Crippen LogP contribution in [0.15, 0.2) is 75.0 Å². The lowest BCUT2D eigenvalue weighted by atomic mass is 9.88. The van der Waals surface area contributed by atoms with Crippen molar-refractivity contribution in [2.24, 2.45) is 5.10 Å². The lowest BCUT2D eigenvalue weighted by molar-refractivity contribution is 0.299. The zero-order valence-corrected chi connectivity index (χ0v) is 23.1. The van der Waals surface area contributed by atoms with E-state index in [4.69, 9.17) is 9.72 Å². The Morgan fingerprint density at radius 2 is 1.89 bits per heavy atom. The maximum Gasteiger partial charge on any atom is 0.282 e. The first-order valence-electron chi connectivity index (χ1n) is 12.8. The monoisotopic (exact) mass is 576 g/mol. The quantitative estimate of drug-likeness (QED) is 0.225. The van der Waals surface area contributed by atoms with Crippen LogP contribution in [0.25, 0.3) is 10.9 Å². The molecule has 0 aliphatic heterocycles. The minimum absolute atomic E-state index is 0.0726. The number of hydrogen-bond donors (Lipinski definition) is 0. The van der Waals surface area contributed by atoms with Gasteiger partial charge in [0.25, 0.3) is 5.56 Å². The van der Waals surface area contributed by atoms with Crippen molar-refractivity contribution in [3.05, 3.63) is 98.3 Å². The molecule has 1 saturated carbocycles. The molecule has 1 aliphatic rings. The molecule has 1 heterocycles. The average molecular weight is 577 g/mol. The summed E-state index contributed by atoms with van der Waals surface area (Å²) in [6.07, 6.45) is 7.03. The Kier molecular flexibility index (Phi) is 7.88. The van der Waals surface area contributed by atoms with E-state index in [-0.39, 0.29) is 23.9 Å². The summed E-state index contributed by atoms with van der Waals surface area (Å²) in [4.78, 5) is 20.5. The highest BCUT2D eigenvalue weighted by molar-refractivity contribution is 9.10. The molecule has 196 valence electrons. The third kappa shape index (κ3) is 5.65. The Hall–Kier alpha value is -3.52. The van der Waals surface area contributed by atoms with Gasteiger partial charge in [-0.1, -0.05) is 53.4 Å². The van der Waals surface area contributed by atoms with E-state index >= 15 is 0 Å². The maximum atomic E-state index is 14.2. The van der Waals surface area contributed by atoms with Crippen LogP contribution in [0.2, 0.25) is 0 Å². The lowest BCUT2D eigenvalue weighted by Gasteiger charge is -2.23. The molecule has 0 saturated heterocycles. The van der Waals surface area contributed by atoms with Crippen LogP contribution in [0.4, 0.5) is 10.1 Å². The van der Waals surface area contributed by atoms with E-state index in [9.17, 15) is 9.18 Å². The first kappa shape index (κ1) is 26.1. The largest absolute Gasteiger partial charge is 0.488 e. The summed E-state index contributed by atoms with van der Waals surface area (Å²) in [7, 11) is 3.89. The first-order chi connectivity index (χ1) is 18.4. The Morgan fingerprint density at radius 1 is 1.11 bits per heavy atom. The van der Waals surface area contributed by atoms with Gasteiger partial charge in [0.15, 0.2) is 0 Å².